The second kappa shape index (κ2) is 8.90. The van der Waals surface area contributed by atoms with Crippen LogP contribution in [-0.4, -0.2) is 37.7 Å². The standard InChI is InChI=1S/C16H25N3O2S/c1-12-14(22-16(19-12)18-10-11-21-2)15(20)17-9-8-13-6-4-3-5-7-13/h6H,3-5,7-11H2,1-2H3,(H,17,20)(H,18,19). The number of aryl methyl sites for hydroxylation is 1. The third kappa shape index (κ3) is 5.10. The van der Waals surface area contributed by atoms with E-state index in [1.165, 1.54) is 42.6 Å². The second-order valence-electron chi connectivity index (χ2n) is 5.47. The molecule has 0 atom stereocenters. The fourth-order valence-corrected chi connectivity index (χ4v) is 3.40. The maximum Gasteiger partial charge on any atom is 0.263 e. The van der Waals surface area contributed by atoms with Crippen LogP contribution in [0.4, 0.5) is 5.13 Å². The smallest absolute Gasteiger partial charge is 0.263 e. The lowest BCUT2D eigenvalue weighted by molar-refractivity contribution is 0.0957. The van der Waals surface area contributed by atoms with Gasteiger partial charge in [0.05, 0.1) is 12.3 Å². The van der Waals surface area contributed by atoms with Gasteiger partial charge in [0, 0.05) is 20.2 Å². The molecule has 5 nitrogen and oxygen atoms in total. The van der Waals surface area contributed by atoms with Crippen LogP contribution in [0, 0.1) is 6.92 Å². The molecule has 1 aliphatic carbocycles. The number of aromatic nitrogens is 1. The Morgan fingerprint density at radius 3 is 3.00 bits per heavy atom. The quantitative estimate of drug-likeness (QED) is 0.570. The molecule has 0 aliphatic heterocycles. The van der Waals surface area contributed by atoms with Crippen molar-refractivity contribution in [1.29, 1.82) is 0 Å². The minimum atomic E-state index is -0.0220. The molecule has 0 radical (unpaired) electrons. The molecule has 0 bridgehead atoms. The summed E-state index contributed by atoms with van der Waals surface area (Å²) in [6.45, 7) is 3.89. The number of hydrogen-bond acceptors (Lipinski definition) is 5. The number of allylic oxidation sites excluding steroid dienone is 1. The highest BCUT2D eigenvalue weighted by molar-refractivity contribution is 7.17. The molecule has 1 aromatic rings. The fourth-order valence-electron chi connectivity index (χ4n) is 2.49. The molecule has 1 amide bonds. The van der Waals surface area contributed by atoms with Crippen molar-refractivity contribution in [3.8, 4) is 0 Å². The molecule has 2 N–H and O–H groups in total. The predicted octanol–water partition coefficient (Wildman–Crippen LogP) is 3.13. The number of hydrogen-bond donors (Lipinski definition) is 2. The first kappa shape index (κ1) is 17.0. The Morgan fingerprint density at radius 2 is 2.27 bits per heavy atom. The first-order valence-corrected chi connectivity index (χ1v) is 8.68. The Morgan fingerprint density at radius 1 is 1.41 bits per heavy atom. The van der Waals surface area contributed by atoms with E-state index >= 15 is 0 Å². The van der Waals surface area contributed by atoms with Gasteiger partial charge in [0.15, 0.2) is 5.13 Å². The van der Waals surface area contributed by atoms with Crippen LogP contribution in [0.2, 0.25) is 0 Å². The molecular formula is C16H25N3O2S. The molecular weight excluding hydrogens is 298 g/mol. The molecule has 0 aromatic carbocycles. The van der Waals surface area contributed by atoms with Crippen molar-refractivity contribution >= 4 is 22.4 Å². The third-order valence-corrected chi connectivity index (χ3v) is 4.82. The van der Waals surface area contributed by atoms with E-state index in [4.69, 9.17) is 4.74 Å². The van der Waals surface area contributed by atoms with Crippen LogP contribution in [0.1, 0.15) is 47.5 Å². The Bertz CT molecular complexity index is 525. The Kier molecular flexibility index (Phi) is 6.86. The summed E-state index contributed by atoms with van der Waals surface area (Å²) in [5, 5.41) is 6.94. The lowest BCUT2D eigenvalue weighted by atomic mass is 9.97. The maximum atomic E-state index is 12.2. The molecule has 1 heterocycles. The minimum Gasteiger partial charge on any atom is -0.383 e. The van der Waals surface area contributed by atoms with Crippen LogP contribution in [0.15, 0.2) is 11.6 Å². The van der Waals surface area contributed by atoms with E-state index in [-0.39, 0.29) is 5.91 Å². The number of nitrogens with zero attached hydrogens (tertiary/aromatic N) is 1. The SMILES string of the molecule is COCCNc1nc(C)c(C(=O)NCCC2=CCCCC2)s1. The topological polar surface area (TPSA) is 63.2 Å². The summed E-state index contributed by atoms with van der Waals surface area (Å²) in [6.07, 6.45) is 8.24. The zero-order chi connectivity index (χ0) is 15.8. The first-order valence-electron chi connectivity index (χ1n) is 7.87. The summed E-state index contributed by atoms with van der Waals surface area (Å²) in [7, 11) is 1.66. The van der Waals surface area contributed by atoms with Crippen LogP contribution in [0.25, 0.3) is 0 Å². The van der Waals surface area contributed by atoms with Gasteiger partial charge in [-0.15, -0.1) is 0 Å². The number of methoxy groups -OCH3 is 1. The average molecular weight is 323 g/mol. The Labute approximate surface area is 136 Å². The van der Waals surface area contributed by atoms with Crippen LogP contribution >= 0.6 is 11.3 Å². The molecule has 0 unspecified atom stereocenters. The van der Waals surface area contributed by atoms with Crippen LogP contribution < -0.4 is 10.6 Å². The van der Waals surface area contributed by atoms with Crippen molar-refractivity contribution in [2.24, 2.45) is 0 Å². The van der Waals surface area contributed by atoms with Gasteiger partial charge in [-0.2, -0.15) is 0 Å². The molecule has 0 fully saturated rings. The molecule has 0 spiro atoms. The number of anilines is 1. The number of carbonyl (C=O) groups is 1. The molecule has 22 heavy (non-hydrogen) atoms. The predicted molar refractivity (Wildman–Crippen MR) is 90.7 cm³/mol. The van der Waals surface area contributed by atoms with Crippen molar-refractivity contribution in [3.05, 3.63) is 22.2 Å². The number of rotatable bonds is 8. The molecule has 0 saturated carbocycles. The highest BCUT2D eigenvalue weighted by Crippen LogP contribution is 2.23. The maximum absolute atomic E-state index is 12.2. The van der Waals surface area contributed by atoms with E-state index in [1.807, 2.05) is 6.92 Å². The molecule has 6 heteroatoms. The van der Waals surface area contributed by atoms with Crippen molar-refractivity contribution < 1.29 is 9.53 Å². The van der Waals surface area contributed by atoms with Crippen molar-refractivity contribution in [1.82, 2.24) is 10.3 Å². The van der Waals surface area contributed by atoms with E-state index in [0.717, 1.165) is 17.2 Å². The number of ether oxygens (including phenoxy) is 1. The van der Waals surface area contributed by atoms with Gasteiger partial charge in [0.2, 0.25) is 0 Å². The zero-order valence-corrected chi connectivity index (χ0v) is 14.2. The largest absolute Gasteiger partial charge is 0.383 e. The molecule has 2 rings (SSSR count). The first-order chi connectivity index (χ1) is 10.7. The second-order valence-corrected chi connectivity index (χ2v) is 6.47. The normalized spacial score (nSPS) is 14.5. The van der Waals surface area contributed by atoms with Crippen LogP contribution in [0.5, 0.6) is 0 Å². The lowest BCUT2D eigenvalue weighted by Gasteiger charge is -2.12. The van der Waals surface area contributed by atoms with Gasteiger partial charge in [-0.25, -0.2) is 4.98 Å². The van der Waals surface area contributed by atoms with Crippen molar-refractivity contribution in [2.75, 3.05) is 32.1 Å². The van der Waals surface area contributed by atoms with E-state index < -0.39 is 0 Å². The van der Waals surface area contributed by atoms with E-state index in [2.05, 4.69) is 21.7 Å². The van der Waals surface area contributed by atoms with Crippen molar-refractivity contribution in [2.45, 2.75) is 39.0 Å². The molecule has 0 saturated heterocycles. The highest BCUT2D eigenvalue weighted by Gasteiger charge is 2.15. The van der Waals surface area contributed by atoms with Crippen LogP contribution in [-0.2, 0) is 4.74 Å². The highest BCUT2D eigenvalue weighted by atomic mass is 32.1. The van der Waals surface area contributed by atoms with Gasteiger partial charge in [-0.05, 0) is 39.0 Å². The fraction of sp³-hybridized carbons (Fsp3) is 0.625. The van der Waals surface area contributed by atoms with Gasteiger partial charge in [0.1, 0.15) is 4.88 Å². The molecule has 1 aliphatic rings. The lowest BCUT2D eigenvalue weighted by Crippen LogP contribution is -2.24. The number of carbonyl (C=O) groups excluding carboxylic acids is 1. The van der Waals surface area contributed by atoms with E-state index in [0.29, 0.717) is 24.6 Å². The number of amides is 1. The summed E-state index contributed by atoms with van der Waals surface area (Å²) in [4.78, 5) is 17.3. The van der Waals surface area contributed by atoms with Gasteiger partial charge >= 0.3 is 0 Å². The summed E-state index contributed by atoms with van der Waals surface area (Å²) < 4.78 is 4.99. The van der Waals surface area contributed by atoms with Gasteiger partial charge in [-0.3, -0.25) is 4.79 Å². The number of thiazole rings is 1. The third-order valence-electron chi connectivity index (χ3n) is 3.70. The Balaban J connectivity index is 1.80. The summed E-state index contributed by atoms with van der Waals surface area (Å²) in [5.41, 5.74) is 2.26. The summed E-state index contributed by atoms with van der Waals surface area (Å²) in [6, 6.07) is 0. The van der Waals surface area contributed by atoms with Crippen molar-refractivity contribution in [3.63, 3.8) is 0 Å². The average Bonchev–Trinajstić information content (AvgIpc) is 2.89. The van der Waals surface area contributed by atoms with Gasteiger partial charge in [0.25, 0.3) is 5.91 Å². The summed E-state index contributed by atoms with van der Waals surface area (Å²) >= 11 is 1.40. The van der Waals surface area contributed by atoms with Gasteiger partial charge < -0.3 is 15.4 Å². The molecule has 122 valence electrons. The van der Waals surface area contributed by atoms with Gasteiger partial charge in [-0.1, -0.05) is 23.0 Å². The monoisotopic (exact) mass is 323 g/mol. The summed E-state index contributed by atoms with van der Waals surface area (Å²) in [5.74, 6) is -0.0220. The zero-order valence-electron chi connectivity index (χ0n) is 13.4. The number of nitrogens with one attached hydrogen (secondary N) is 2. The minimum absolute atomic E-state index is 0.0220. The Hall–Kier alpha value is -1.40. The van der Waals surface area contributed by atoms with E-state index in [9.17, 15) is 4.79 Å². The van der Waals surface area contributed by atoms with E-state index in [1.54, 1.807) is 7.11 Å². The van der Waals surface area contributed by atoms with Crippen LogP contribution in [0.3, 0.4) is 0 Å². The molecule has 1 aromatic heterocycles.